The molecular formula is C10H17Cl2N3OS. The third-order valence-electron chi connectivity index (χ3n) is 2.58. The average molecular weight is 298 g/mol. The van der Waals surface area contributed by atoms with E-state index in [4.69, 9.17) is 0 Å². The summed E-state index contributed by atoms with van der Waals surface area (Å²) in [5, 5.41) is 6.30. The highest BCUT2D eigenvalue weighted by atomic mass is 35.5. The zero-order valence-electron chi connectivity index (χ0n) is 9.56. The van der Waals surface area contributed by atoms with Gasteiger partial charge in [0.1, 0.15) is 4.88 Å². The summed E-state index contributed by atoms with van der Waals surface area (Å²) < 4.78 is 0. The van der Waals surface area contributed by atoms with Gasteiger partial charge in [-0.05, 0) is 26.3 Å². The van der Waals surface area contributed by atoms with E-state index >= 15 is 0 Å². The molecule has 1 aliphatic rings. The molecule has 2 N–H and O–H groups in total. The fraction of sp³-hybridized carbons (Fsp3) is 0.600. The van der Waals surface area contributed by atoms with Gasteiger partial charge in [0.05, 0.1) is 11.2 Å². The van der Waals surface area contributed by atoms with E-state index in [9.17, 15) is 4.79 Å². The van der Waals surface area contributed by atoms with E-state index in [1.54, 1.807) is 5.51 Å². The zero-order valence-corrected chi connectivity index (χ0v) is 12.0. The Hall–Kier alpha value is -0.360. The van der Waals surface area contributed by atoms with Crippen LogP contribution in [-0.2, 0) is 0 Å². The molecule has 1 aromatic rings. The van der Waals surface area contributed by atoms with Gasteiger partial charge in [0, 0.05) is 12.6 Å². The summed E-state index contributed by atoms with van der Waals surface area (Å²) in [6.45, 7) is 3.81. The Kier molecular flexibility index (Phi) is 7.70. The summed E-state index contributed by atoms with van der Waals surface area (Å²) in [4.78, 5) is 16.6. The SMILES string of the molecule is Cc1ncsc1C(=O)NC1CCCNC1.Cl.Cl. The number of hydrogen-bond acceptors (Lipinski definition) is 4. The van der Waals surface area contributed by atoms with Crippen molar-refractivity contribution in [1.29, 1.82) is 0 Å². The van der Waals surface area contributed by atoms with Gasteiger partial charge in [-0.2, -0.15) is 0 Å². The van der Waals surface area contributed by atoms with Gasteiger partial charge < -0.3 is 10.6 Å². The predicted octanol–water partition coefficient (Wildman–Crippen LogP) is 1.78. The maximum Gasteiger partial charge on any atom is 0.263 e. The first-order valence-corrected chi connectivity index (χ1v) is 6.07. The summed E-state index contributed by atoms with van der Waals surface area (Å²) in [6.07, 6.45) is 2.20. The molecular weight excluding hydrogens is 281 g/mol. The third kappa shape index (κ3) is 4.43. The summed E-state index contributed by atoms with van der Waals surface area (Å²) in [6, 6.07) is 0.271. The van der Waals surface area contributed by atoms with E-state index in [1.165, 1.54) is 11.3 Å². The Balaban J connectivity index is 0.00000128. The highest BCUT2D eigenvalue weighted by Gasteiger charge is 2.18. The number of amides is 1. The molecule has 0 bridgehead atoms. The molecule has 4 nitrogen and oxygen atoms in total. The second-order valence-corrected chi connectivity index (χ2v) is 4.64. The maximum absolute atomic E-state index is 11.8. The van der Waals surface area contributed by atoms with E-state index in [2.05, 4.69) is 15.6 Å². The summed E-state index contributed by atoms with van der Waals surface area (Å²) in [5.41, 5.74) is 2.53. The van der Waals surface area contributed by atoms with Gasteiger partial charge in [-0.25, -0.2) is 4.98 Å². The molecule has 1 saturated heterocycles. The van der Waals surface area contributed by atoms with Gasteiger partial charge in [0.2, 0.25) is 0 Å². The van der Waals surface area contributed by atoms with Gasteiger partial charge >= 0.3 is 0 Å². The van der Waals surface area contributed by atoms with Crippen molar-refractivity contribution in [1.82, 2.24) is 15.6 Å². The molecule has 1 aliphatic heterocycles. The van der Waals surface area contributed by atoms with Crippen LogP contribution in [0, 0.1) is 6.92 Å². The van der Waals surface area contributed by atoms with E-state index < -0.39 is 0 Å². The molecule has 2 rings (SSSR count). The number of thiazole rings is 1. The monoisotopic (exact) mass is 297 g/mol. The van der Waals surface area contributed by atoms with E-state index in [0.717, 1.165) is 36.5 Å². The minimum Gasteiger partial charge on any atom is -0.347 e. The lowest BCUT2D eigenvalue weighted by Crippen LogP contribution is -2.45. The van der Waals surface area contributed by atoms with Crippen LogP contribution in [0.1, 0.15) is 28.2 Å². The van der Waals surface area contributed by atoms with Crippen molar-refractivity contribution in [2.45, 2.75) is 25.8 Å². The number of carbonyl (C=O) groups excluding carboxylic acids is 1. The number of hydrogen-bond donors (Lipinski definition) is 2. The van der Waals surface area contributed by atoms with Crippen molar-refractivity contribution >= 4 is 42.1 Å². The number of carbonyl (C=O) groups is 1. The number of halogens is 2. The molecule has 0 saturated carbocycles. The van der Waals surface area contributed by atoms with Crippen molar-refractivity contribution in [3.63, 3.8) is 0 Å². The van der Waals surface area contributed by atoms with Crippen molar-refractivity contribution in [3.8, 4) is 0 Å². The van der Waals surface area contributed by atoms with Crippen LogP contribution in [-0.4, -0.2) is 30.0 Å². The predicted molar refractivity (Wildman–Crippen MR) is 74.7 cm³/mol. The number of nitrogens with zero attached hydrogens (tertiary/aromatic N) is 1. The minimum atomic E-state index is 0. The Morgan fingerprint density at radius 1 is 1.59 bits per heavy atom. The van der Waals surface area contributed by atoms with Crippen LogP contribution in [0.15, 0.2) is 5.51 Å². The third-order valence-corrected chi connectivity index (χ3v) is 3.51. The smallest absolute Gasteiger partial charge is 0.263 e. The van der Waals surface area contributed by atoms with Crippen LogP contribution in [0.5, 0.6) is 0 Å². The molecule has 2 heterocycles. The topological polar surface area (TPSA) is 54.0 Å². The van der Waals surface area contributed by atoms with Crippen LogP contribution in [0.2, 0.25) is 0 Å². The highest BCUT2D eigenvalue weighted by Crippen LogP contribution is 2.12. The summed E-state index contributed by atoms with van der Waals surface area (Å²) >= 11 is 1.40. The van der Waals surface area contributed by atoms with Crippen molar-refractivity contribution < 1.29 is 4.79 Å². The molecule has 0 aliphatic carbocycles. The van der Waals surface area contributed by atoms with E-state index in [-0.39, 0.29) is 36.8 Å². The van der Waals surface area contributed by atoms with Crippen LogP contribution in [0.25, 0.3) is 0 Å². The second-order valence-electron chi connectivity index (χ2n) is 3.78. The summed E-state index contributed by atoms with van der Waals surface area (Å²) in [7, 11) is 0. The van der Waals surface area contributed by atoms with E-state index in [1.807, 2.05) is 6.92 Å². The number of aryl methyl sites for hydroxylation is 1. The van der Waals surface area contributed by atoms with Gasteiger partial charge in [0.25, 0.3) is 5.91 Å². The van der Waals surface area contributed by atoms with Crippen LogP contribution in [0.4, 0.5) is 0 Å². The molecule has 1 amide bonds. The number of aromatic nitrogens is 1. The molecule has 1 fully saturated rings. The Labute approximate surface area is 117 Å². The molecule has 0 radical (unpaired) electrons. The Morgan fingerprint density at radius 2 is 2.35 bits per heavy atom. The molecule has 7 heteroatoms. The first kappa shape index (κ1) is 16.6. The van der Waals surface area contributed by atoms with Gasteiger partial charge in [-0.15, -0.1) is 36.2 Å². The molecule has 98 valence electrons. The molecule has 1 aromatic heterocycles. The van der Waals surface area contributed by atoms with Crippen molar-refractivity contribution in [2.24, 2.45) is 0 Å². The van der Waals surface area contributed by atoms with Gasteiger partial charge in [-0.3, -0.25) is 4.79 Å². The zero-order chi connectivity index (χ0) is 10.7. The fourth-order valence-electron chi connectivity index (χ4n) is 1.75. The Bertz CT molecular complexity index is 353. The largest absolute Gasteiger partial charge is 0.347 e. The molecule has 1 atom stereocenters. The van der Waals surface area contributed by atoms with Crippen LogP contribution < -0.4 is 10.6 Å². The second kappa shape index (κ2) is 7.87. The lowest BCUT2D eigenvalue weighted by molar-refractivity contribution is 0.0934. The number of rotatable bonds is 2. The highest BCUT2D eigenvalue weighted by molar-refractivity contribution is 7.11. The first-order valence-electron chi connectivity index (χ1n) is 5.19. The van der Waals surface area contributed by atoms with Crippen LogP contribution >= 0.6 is 36.2 Å². The molecule has 17 heavy (non-hydrogen) atoms. The summed E-state index contributed by atoms with van der Waals surface area (Å²) in [5.74, 6) is 0.0173. The molecule has 1 unspecified atom stereocenters. The normalized spacial score (nSPS) is 18.8. The molecule has 0 aromatic carbocycles. The number of nitrogens with one attached hydrogen (secondary N) is 2. The molecule has 0 spiro atoms. The standard InChI is InChI=1S/C10H15N3OS.2ClH/c1-7-9(15-6-12-7)10(14)13-8-3-2-4-11-5-8;;/h6,8,11H,2-5H2,1H3,(H,13,14);2*1H. The lowest BCUT2D eigenvalue weighted by Gasteiger charge is -2.23. The quantitative estimate of drug-likeness (QED) is 0.875. The van der Waals surface area contributed by atoms with Gasteiger partial charge in [-0.1, -0.05) is 0 Å². The number of piperidine rings is 1. The minimum absolute atomic E-state index is 0. The van der Waals surface area contributed by atoms with Gasteiger partial charge in [0.15, 0.2) is 0 Å². The maximum atomic E-state index is 11.8. The van der Waals surface area contributed by atoms with Crippen LogP contribution in [0.3, 0.4) is 0 Å². The fourth-order valence-corrected chi connectivity index (χ4v) is 2.45. The Morgan fingerprint density at radius 3 is 2.88 bits per heavy atom. The van der Waals surface area contributed by atoms with Crippen molar-refractivity contribution in [3.05, 3.63) is 16.1 Å². The first-order chi connectivity index (χ1) is 7.27. The van der Waals surface area contributed by atoms with Crippen molar-refractivity contribution in [2.75, 3.05) is 13.1 Å². The lowest BCUT2D eigenvalue weighted by atomic mass is 10.1. The average Bonchev–Trinajstić information content (AvgIpc) is 2.66. The van der Waals surface area contributed by atoms with E-state index in [0.29, 0.717) is 0 Å².